The lowest BCUT2D eigenvalue weighted by Gasteiger charge is -2.20. The molecule has 1 fully saturated rings. The maximum atomic E-state index is 6.07. The van der Waals surface area contributed by atoms with Gasteiger partial charge in [-0.05, 0) is 31.5 Å². The summed E-state index contributed by atoms with van der Waals surface area (Å²) < 4.78 is 5.33. The van der Waals surface area contributed by atoms with Crippen LogP contribution >= 0.6 is 0 Å². The van der Waals surface area contributed by atoms with Crippen LogP contribution in [0.25, 0.3) is 11.5 Å². The molecule has 1 atom stereocenters. The van der Waals surface area contributed by atoms with E-state index in [0.717, 1.165) is 30.9 Å². The maximum Gasteiger partial charge on any atom is 0.257 e. The summed E-state index contributed by atoms with van der Waals surface area (Å²) in [6.07, 6.45) is 3.51. The van der Waals surface area contributed by atoms with Crippen molar-refractivity contribution in [3.05, 3.63) is 36.2 Å². The van der Waals surface area contributed by atoms with E-state index < -0.39 is 0 Å². The lowest BCUT2D eigenvalue weighted by atomic mass is 10.2. The zero-order valence-corrected chi connectivity index (χ0v) is 11.5. The van der Waals surface area contributed by atoms with Gasteiger partial charge in [0.1, 0.15) is 0 Å². The van der Waals surface area contributed by atoms with Gasteiger partial charge in [0.2, 0.25) is 0 Å². The van der Waals surface area contributed by atoms with Crippen molar-refractivity contribution in [3.8, 4) is 11.5 Å². The summed E-state index contributed by atoms with van der Waals surface area (Å²) in [7, 11) is 0. The average Bonchev–Trinajstić information content (AvgIpc) is 2.83. The number of nitrogens with two attached hydrogens (primary N) is 1. The van der Waals surface area contributed by atoms with Gasteiger partial charge >= 0.3 is 0 Å². The van der Waals surface area contributed by atoms with Crippen molar-refractivity contribution in [3.63, 3.8) is 0 Å². The molecule has 2 aromatic rings. The highest BCUT2D eigenvalue weighted by Crippen LogP contribution is 2.17. The Morgan fingerprint density at radius 2 is 2.10 bits per heavy atom. The van der Waals surface area contributed by atoms with Crippen LogP contribution < -0.4 is 5.73 Å². The lowest BCUT2D eigenvalue weighted by Crippen LogP contribution is -2.35. The molecule has 0 aliphatic carbocycles. The molecule has 0 saturated carbocycles. The normalized spacial score (nSPS) is 20.8. The smallest absolute Gasteiger partial charge is 0.257 e. The lowest BCUT2D eigenvalue weighted by molar-refractivity contribution is 0.254. The second-order valence-electron chi connectivity index (χ2n) is 5.37. The molecular weight excluding hydrogens is 252 g/mol. The molecule has 5 heteroatoms. The van der Waals surface area contributed by atoms with Crippen LogP contribution in [0.2, 0.25) is 0 Å². The topological polar surface area (TPSA) is 68.2 Å². The Hall–Kier alpha value is -1.72. The first-order valence-corrected chi connectivity index (χ1v) is 7.17. The van der Waals surface area contributed by atoms with Gasteiger partial charge in [0, 0.05) is 18.2 Å². The number of nitrogens with zero attached hydrogens (tertiary/aromatic N) is 3. The van der Waals surface area contributed by atoms with Crippen molar-refractivity contribution >= 4 is 0 Å². The van der Waals surface area contributed by atoms with E-state index in [1.54, 1.807) is 0 Å². The highest BCUT2D eigenvalue weighted by Gasteiger charge is 2.17. The number of likely N-dealkylation sites (tertiary alicyclic amines) is 1. The van der Waals surface area contributed by atoms with Crippen molar-refractivity contribution in [2.75, 3.05) is 13.1 Å². The fourth-order valence-corrected chi connectivity index (χ4v) is 2.62. The van der Waals surface area contributed by atoms with Gasteiger partial charge in [-0.15, -0.1) is 0 Å². The first kappa shape index (κ1) is 13.3. The van der Waals surface area contributed by atoms with Gasteiger partial charge in [-0.2, -0.15) is 4.98 Å². The van der Waals surface area contributed by atoms with Crippen LogP contribution in [0.1, 0.15) is 25.1 Å². The minimum Gasteiger partial charge on any atom is -0.334 e. The number of hydrogen-bond acceptors (Lipinski definition) is 5. The van der Waals surface area contributed by atoms with Crippen molar-refractivity contribution in [2.24, 2.45) is 5.73 Å². The molecule has 2 N–H and O–H groups in total. The molecule has 0 radical (unpaired) electrons. The standard InChI is InChI=1S/C15H20N4O/c16-13-8-4-5-9-19(10-13)11-14-17-15(20-18-14)12-6-2-1-3-7-12/h1-3,6-7,13H,4-5,8-11,16H2/t13-/m1/s1. The summed E-state index contributed by atoms with van der Waals surface area (Å²) >= 11 is 0. The van der Waals surface area contributed by atoms with E-state index >= 15 is 0 Å². The Labute approximate surface area is 118 Å². The van der Waals surface area contributed by atoms with Gasteiger partial charge < -0.3 is 10.3 Å². The summed E-state index contributed by atoms with van der Waals surface area (Å²) in [4.78, 5) is 6.79. The van der Waals surface area contributed by atoms with E-state index in [-0.39, 0.29) is 6.04 Å². The van der Waals surface area contributed by atoms with E-state index in [4.69, 9.17) is 10.3 Å². The predicted octanol–water partition coefficient (Wildman–Crippen LogP) is 2.05. The second-order valence-corrected chi connectivity index (χ2v) is 5.37. The third-order valence-corrected chi connectivity index (χ3v) is 3.65. The molecular formula is C15H20N4O. The van der Waals surface area contributed by atoms with Crippen LogP contribution in [0.4, 0.5) is 0 Å². The second kappa shape index (κ2) is 6.15. The van der Waals surface area contributed by atoms with Gasteiger partial charge in [0.25, 0.3) is 5.89 Å². The molecule has 1 aliphatic heterocycles. The molecule has 20 heavy (non-hydrogen) atoms. The minimum atomic E-state index is 0.262. The fourth-order valence-electron chi connectivity index (χ4n) is 2.62. The molecule has 3 rings (SSSR count). The van der Waals surface area contributed by atoms with Crippen molar-refractivity contribution in [2.45, 2.75) is 31.8 Å². The van der Waals surface area contributed by atoms with Crippen LogP contribution in [0, 0.1) is 0 Å². The molecule has 1 aliphatic rings. The van der Waals surface area contributed by atoms with Gasteiger partial charge in [-0.3, -0.25) is 4.90 Å². The first-order chi connectivity index (χ1) is 9.81. The van der Waals surface area contributed by atoms with Crippen LogP contribution in [0.5, 0.6) is 0 Å². The van der Waals surface area contributed by atoms with E-state index in [9.17, 15) is 0 Å². The Bertz CT molecular complexity index is 540. The molecule has 5 nitrogen and oxygen atoms in total. The third kappa shape index (κ3) is 3.23. The van der Waals surface area contributed by atoms with Crippen molar-refractivity contribution < 1.29 is 4.52 Å². The molecule has 0 bridgehead atoms. The highest BCUT2D eigenvalue weighted by molar-refractivity contribution is 5.51. The number of hydrogen-bond donors (Lipinski definition) is 1. The van der Waals surface area contributed by atoms with E-state index in [2.05, 4.69) is 15.0 Å². The summed E-state index contributed by atoms with van der Waals surface area (Å²) in [6, 6.07) is 10.1. The highest BCUT2D eigenvalue weighted by atomic mass is 16.5. The number of benzene rings is 1. The Morgan fingerprint density at radius 1 is 1.25 bits per heavy atom. The van der Waals surface area contributed by atoms with Crippen LogP contribution in [0.15, 0.2) is 34.9 Å². The van der Waals surface area contributed by atoms with Gasteiger partial charge in [-0.1, -0.05) is 29.8 Å². The van der Waals surface area contributed by atoms with E-state index in [1.807, 2.05) is 30.3 Å². The van der Waals surface area contributed by atoms with E-state index in [1.165, 1.54) is 12.8 Å². The van der Waals surface area contributed by atoms with Gasteiger partial charge in [-0.25, -0.2) is 0 Å². The van der Waals surface area contributed by atoms with Crippen LogP contribution in [0.3, 0.4) is 0 Å². The summed E-state index contributed by atoms with van der Waals surface area (Å²) in [6.45, 7) is 2.68. The molecule has 0 spiro atoms. The molecule has 106 valence electrons. The van der Waals surface area contributed by atoms with E-state index in [0.29, 0.717) is 12.4 Å². The SMILES string of the molecule is N[C@@H]1CCCCN(Cc2noc(-c3ccccc3)n2)C1. The predicted molar refractivity (Wildman–Crippen MR) is 76.8 cm³/mol. The average molecular weight is 272 g/mol. The molecule has 1 saturated heterocycles. The zero-order valence-electron chi connectivity index (χ0n) is 11.5. The largest absolute Gasteiger partial charge is 0.334 e. The minimum absolute atomic E-state index is 0.262. The quantitative estimate of drug-likeness (QED) is 0.926. The molecule has 1 aromatic heterocycles. The molecule has 1 aromatic carbocycles. The Morgan fingerprint density at radius 3 is 2.95 bits per heavy atom. The van der Waals surface area contributed by atoms with Gasteiger partial charge in [0.15, 0.2) is 5.82 Å². The number of rotatable bonds is 3. The monoisotopic (exact) mass is 272 g/mol. The fraction of sp³-hybridized carbons (Fsp3) is 0.467. The summed E-state index contributed by atoms with van der Waals surface area (Å²) in [5.41, 5.74) is 7.03. The van der Waals surface area contributed by atoms with Crippen LogP contribution in [-0.4, -0.2) is 34.2 Å². The molecule has 0 amide bonds. The summed E-state index contributed by atoms with van der Waals surface area (Å²) in [5.74, 6) is 1.32. The summed E-state index contributed by atoms with van der Waals surface area (Å²) in [5, 5.41) is 4.07. The Kier molecular flexibility index (Phi) is 4.08. The number of aromatic nitrogens is 2. The molecule has 2 heterocycles. The zero-order chi connectivity index (χ0) is 13.8. The maximum absolute atomic E-state index is 6.07. The molecule has 0 unspecified atom stereocenters. The third-order valence-electron chi connectivity index (χ3n) is 3.65. The first-order valence-electron chi connectivity index (χ1n) is 7.17. The van der Waals surface area contributed by atoms with Crippen molar-refractivity contribution in [1.29, 1.82) is 0 Å². The van der Waals surface area contributed by atoms with Crippen molar-refractivity contribution in [1.82, 2.24) is 15.0 Å². The van der Waals surface area contributed by atoms with Crippen LogP contribution in [-0.2, 0) is 6.54 Å². The Balaban J connectivity index is 1.68. The van der Waals surface area contributed by atoms with Gasteiger partial charge in [0.05, 0.1) is 6.54 Å².